The van der Waals surface area contributed by atoms with Crippen molar-refractivity contribution in [3.8, 4) is 11.5 Å². The summed E-state index contributed by atoms with van der Waals surface area (Å²) in [4.78, 5) is 29.9. The molecule has 0 spiro atoms. The van der Waals surface area contributed by atoms with Gasteiger partial charge in [0.1, 0.15) is 23.8 Å². The molecule has 3 amide bonds. The Morgan fingerprint density at radius 3 is 2.33 bits per heavy atom. The van der Waals surface area contributed by atoms with Crippen LogP contribution in [0.25, 0.3) is 0 Å². The minimum atomic E-state index is -0.411. The molecule has 0 fully saturated rings. The molecule has 0 saturated carbocycles. The van der Waals surface area contributed by atoms with Crippen LogP contribution in [0.5, 0.6) is 11.5 Å². The van der Waals surface area contributed by atoms with Gasteiger partial charge in [0.2, 0.25) is 5.91 Å². The second-order valence-corrected chi connectivity index (χ2v) is 8.24. The molecule has 0 saturated heterocycles. The molecule has 2 aromatic heterocycles. The molecule has 0 aliphatic rings. The van der Waals surface area contributed by atoms with Crippen LogP contribution in [0.3, 0.4) is 0 Å². The maximum absolute atomic E-state index is 13.5. The summed E-state index contributed by atoms with van der Waals surface area (Å²) in [5.41, 5.74) is 1.46. The standard InChI is InChI=1S/C26H34N4O6/c1-28-10-5-8-21(28)17-30(18-22-9-6-13-36-22)25(31)19-29(11-7-12-33-2)26(32)27-20-14-23(34-3)16-24(15-20)35-4/h5-6,8-10,13-16H,7,11-12,17-19H2,1-4H3,(H,27,32). The Morgan fingerprint density at radius 1 is 1.00 bits per heavy atom. The van der Waals surface area contributed by atoms with Crippen molar-refractivity contribution in [2.24, 2.45) is 7.05 Å². The number of furan rings is 1. The summed E-state index contributed by atoms with van der Waals surface area (Å²) in [5.74, 6) is 1.54. The van der Waals surface area contributed by atoms with Gasteiger partial charge in [-0.2, -0.15) is 0 Å². The molecule has 0 bridgehead atoms. The van der Waals surface area contributed by atoms with E-state index < -0.39 is 6.03 Å². The van der Waals surface area contributed by atoms with Crippen molar-refractivity contribution in [2.45, 2.75) is 19.5 Å². The van der Waals surface area contributed by atoms with Crippen molar-refractivity contribution in [2.75, 3.05) is 46.3 Å². The topological polar surface area (TPSA) is 98.4 Å². The van der Waals surface area contributed by atoms with E-state index >= 15 is 0 Å². The van der Waals surface area contributed by atoms with E-state index in [9.17, 15) is 9.59 Å². The lowest BCUT2D eigenvalue weighted by molar-refractivity contribution is -0.133. The normalized spacial score (nSPS) is 10.7. The Balaban J connectivity index is 1.77. The Bertz CT molecular complexity index is 1090. The summed E-state index contributed by atoms with van der Waals surface area (Å²) in [6.45, 7) is 1.36. The van der Waals surface area contributed by atoms with Crippen molar-refractivity contribution in [1.82, 2.24) is 14.4 Å². The molecule has 0 aliphatic heterocycles. The molecule has 0 atom stereocenters. The van der Waals surface area contributed by atoms with Gasteiger partial charge in [0.25, 0.3) is 0 Å². The third-order valence-corrected chi connectivity index (χ3v) is 5.68. The van der Waals surface area contributed by atoms with Crippen LogP contribution < -0.4 is 14.8 Å². The van der Waals surface area contributed by atoms with Gasteiger partial charge in [0.05, 0.1) is 33.6 Å². The van der Waals surface area contributed by atoms with Crippen molar-refractivity contribution in [3.63, 3.8) is 0 Å². The number of amides is 3. The highest BCUT2D eigenvalue weighted by atomic mass is 16.5. The number of hydrogen-bond acceptors (Lipinski definition) is 6. The fourth-order valence-electron chi connectivity index (χ4n) is 3.68. The lowest BCUT2D eigenvalue weighted by atomic mass is 10.2. The number of methoxy groups -OCH3 is 3. The minimum Gasteiger partial charge on any atom is -0.497 e. The highest BCUT2D eigenvalue weighted by molar-refractivity contribution is 5.92. The van der Waals surface area contributed by atoms with Crippen molar-refractivity contribution in [3.05, 3.63) is 66.4 Å². The number of nitrogens with zero attached hydrogens (tertiary/aromatic N) is 3. The summed E-state index contributed by atoms with van der Waals surface area (Å²) in [5, 5.41) is 2.86. The number of benzene rings is 1. The maximum Gasteiger partial charge on any atom is 0.322 e. The van der Waals surface area contributed by atoms with E-state index in [-0.39, 0.29) is 19.0 Å². The molecule has 1 N–H and O–H groups in total. The van der Waals surface area contributed by atoms with E-state index in [1.165, 1.54) is 19.1 Å². The predicted molar refractivity (Wildman–Crippen MR) is 135 cm³/mol. The smallest absolute Gasteiger partial charge is 0.322 e. The number of ether oxygens (including phenoxy) is 3. The summed E-state index contributed by atoms with van der Waals surface area (Å²) >= 11 is 0. The zero-order chi connectivity index (χ0) is 25.9. The van der Waals surface area contributed by atoms with E-state index in [1.807, 2.05) is 36.0 Å². The van der Waals surface area contributed by atoms with E-state index in [2.05, 4.69) is 5.32 Å². The van der Waals surface area contributed by atoms with Gasteiger partial charge < -0.3 is 38.3 Å². The van der Waals surface area contributed by atoms with Crippen LogP contribution in [0.1, 0.15) is 17.9 Å². The van der Waals surface area contributed by atoms with Crippen LogP contribution >= 0.6 is 0 Å². The van der Waals surface area contributed by atoms with Crippen molar-refractivity contribution >= 4 is 17.6 Å². The molecule has 0 aliphatic carbocycles. The van der Waals surface area contributed by atoms with Gasteiger partial charge in [0.15, 0.2) is 0 Å². The van der Waals surface area contributed by atoms with Crippen LogP contribution in [0.2, 0.25) is 0 Å². The van der Waals surface area contributed by atoms with Gasteiger partial charge in [-0.1, -0.05) is 0 Å². The maximum atomic E-state index is 13.5. The fourth-order valence-corrected chi connectivity index (χ4v) is 3.68. The number of carbonyl (C=O) groups is 2. The third-order valence-electron chi connectivity index (χ3n) is 5.68. The van der Waals surface area contributed by atoms with Crippen LogP contribution in [-0.2, 0) is 29.7 Å². The van der Waals surface area contributed by atoms with E-state index in [0.29, 0.717) is 49.1 Å². The van der Waals surface area contributed by atoms with Crippen LogP contribution in [0, 0.1) is 0 Å². The molecule has 1 aromatic carbocycles. The molecule has 36 heavy (non-hydrogen) atoms. The van der Waals surface area contributed by atoms with Gasteiger partial charge in [-0.05, 0) is 30.7 Å². The number of nitrogens with one attached hydrogen (secondary N) is 1. The lowest BCUT2D eigenvalue weighted by Crippen LogP contribution is -2.44. The number of aryl methyl sites for hydroxylation is 1. The SMILES string of the molecule is COCCCN(CC(=O)N(Cc1ccco1)Cc1cccn1C)C(=O)Nc1cc(OC)cc(OC)c1. The Labute approximate surface area is 211 Å². The first kappa shape index (κ1) is 26.7. The average Bonchev–Trinajstić information content (AvgIpc) is 3.54. The number of urea groups is 1. The van der Waals surface area contributed by atoms with Crippen LogP contribution in [0.4, 0.5) is 10.5 Å². The summed E-state index contributed by atoms with van der Waals surface area (Å²) in [6.07, 6.45) is 4.08. The number of rotatable bonds is 13. The second kappa shape index (κ2) is 13.2. The highest BCUT2D eigenvalue weighted by Gasteiger charge is 2.23. The quantitative estimate of drug-likeness (QED) is 0.361. The molecule has 10 nitrogen and oxygen atoms in total. The van der Waals surface area contributed by atoms with Crippen LogP contribution in [0.15, 0.2) is 59.3 Å². The van der Waals surface area contributed by atoms with Crippen LogP contribution in [-0.4, -0.2) is 67.3 Å². The predicted octanol–water partition coefficient (Wildman–Crippen LogP) is 3.73. The Kier molecular flexibility index (Phi) is 9.82. The van der Waals surface area contributed by atoms with Gasteiger partial charge in [-0.3, -0.25) is 4.79 Å². The highest BCUT2D eigenvalue weighted by Crippen LogP contribution is 2.26. The summed E-state index contributed by atoms with van der Waals surface area (Å²) in [7, 11) is 6.60. The molecule has 2 heterocycles. The van der Waals surface area contributed by atoms with E-state index in [1.54, 1.807) is 42.5 Å². The third kappa shape index (κ3) is 7.54. The fraction of sp³-hybridized carbons (Fsp3) is 0.385. The van der Waals surface area contributed by atoms with E-state index in [0.717, 1.165) is 5.69 Å². The zero-order valence-electron chi connectivity index (χ0n) is 21.2. The Morgan fingerprint density at radius 2 is 1.75 bits per heavy atom. The lowest BCUT2D eigenvalue weighted by Gasteiger charge is -2.27. The van der Waals surface area contributed by atoms with Gasteiger partial charge in [-0.15, -0.1) is 0 Å². The molecule has 194 valence electrons. The average molecular weight is 499 g/mol. The molecule has 0 unspecified atom stereocenters. The zero-order valence-corrected chi connectivity index (χ0v) is 21.2. The minimum absolute atomic E-state index is 0.109. The van der Waals surface area contributed by atoms with Gasteiger partial charge in [0, 0.05) is 63.1 Å². The first-order valence-corrected chi connectivity index (χ1v) is 11.6. The molecule has 10 heteroatoms. The largest absolute Gasteiger partial charge is 0.497 e. The number of anilines is 1. The first-order chi connectivity index (χ1) is 17.4. The van der Waals surface area contributed by atoms with Crippen molar-refractivity contribution in [1.29, 1.82) is 0 Å². The molecule has 3 rings (SSSR count). The summed E-state index contributed by atoms with van der Waals surface area (Å²) in [6, 6.07) is 12.2. The second-order valence-electron chi connectivity index (χ2n) is 8.24. The van der Waals surface area contributed by atoms with Gasteiger partial charge in [-0.25, -0.2) is 4.79 Å². The number of carbonyl (C=O) groups excluding carboxylic acids is 2. The van der Waals surface area contributed by atoms with E-state index in [4.69, 9.17) is 18.6 Å². The molecule has 0 radical (unpaired) electrons. The molecular formula is C26H34N4O6. The first-order valence-electron chi connectivity index (χ1n) is 11.6. The molecule has 3 aromatic rings. The summed E-state index contributed by atoms with van der Waals surface area (Å²) < 4.78 is 23.2. The number of aromatic nitrogens is 1. The molecular weight excluding hydrogens is 464 g/mol. The Hall–Kier alpha value is -3.92. The number of hydrogen-bond donors (Lipinski definition) is 1. The van der Waals surface area contributed by atoms with Crippen molar-refractivity contribution < 1.29 is 28.2 Å². The van der Waals surface area contributed by atoms with Gasteiger partial charge >= 0.3 is 6.03 Å². The monoisotopic (exact) mass is 498 g/mol.